The Hall–Kier alpha value is -0.250. The number of likely N-dealkylation sites (tertiary alicyclic amines) is 1. The number of piperidine rings is 1. The summed E-state index contributed by atoms with van der Waals surface area (Å²) in [5.74, 6) is -1.10. The third-order valence-electron chi connectivity index (χ3n) is 3.68. The topological polar surface area (TPSA) is 3.24 Å². The van der Waals surface area contributed by atoms with Gasteiger partial charge in [0, 0.05) is 12.6 Å². The quantitative estimate of drug-likeness (QED) is 0.706. The number of hydrogen-bond acceptors (Lipinski definition) is 1. The molecule has 0 bridgehead atoms. The Labute approximate surface area is 102 Å². The van der Waals surface area contributed by atoms with Crippen molar-refractivity contribution < 1.29 is 13.2 Å². The summed E-state index contributed by atoms with van der Waals surface area (Å²) in [5, 5.41) is 0. The number of alkyl halides is 3. The van der Waals surface area contributed by atoms with Gasteiger partial charge in [0.2, 0.25) is 0 Å². The largest absolute Gasteiger partial charge is 0.393 e. The van der Waals surface area contributed by atoms with E-state index in [1.165, 1.54) is 0 Å². The molecule has 0 amide bonds. The molecule has 102 valence electrons. The zero-order valence-electron chi connectivity index (χ0n) is 10.9. The Morgan fingerprint density at radius 1 is 1.18 bits per heavy atom. The minimum absolute atomic E-state index is 0.216. The van der Waals surface area contributed by atoms with Crippen molar-refractivity contribution in [2.75, 3.05) is 13.1 Å². The summed E-state index contributed by atoms with van der Waals surface area (Å²) in [6, 6.07) is 0.357. The van der Waals surface area contributed by atoms with Crippen LogP contribution in [0.25, 0.3) is 0 Å². The van der Waals surface area contributed by atoms with Crippen LogP contribution in [0.5, 0.6) is 0 Å². The molecule has 1 aliphatic heterocycles. The lowest BCUT2D eigenvalue weighted by atomic mass is 9.94. The van der Waals surface area contributed by atoms with E-state index in [1.807, 2.05) is 0 Å². The molecule has 0 aromatic rings. The molecule has 0 saturated carbocycles. The van der Waals surface area contributed by atoms with Crippen molar-refractivity contribution in [2.45, 2.75) is 64.6 Å². The Balaban J connectivity index is 2.57. The molecule has 4 heteroatoms. The van der Waals surface area contributed by atoms with Gasteiger partial charge >= 0.3 is 6.18 Å². The van der Waals surface area contributed by atoms with Gasteiger partial charge in [-0.25, -0.2) is 0 Å². The molecule has 1 fully saturated rings. The summed E-state index contributed by atoms with van der Waals surface area (Å²) >= 11 is 0. The van der Waals surface area contributed by atoms with Crippen LogP contribution < -0.4 is 0 Å². The van der Waals surface area contributed by atoms with Gasteiger partial charge in [0.05, 0.1) is 5.92 Å². The number of halogens is 3. The third-order valence-corrected chi connectivity index (χ3v) is 3.68. The summed E-state index contributed by atoms with van der Waals surface area (Å²) in [4.78, 5) is 2.08. The second-order valence-corrected chi connectivity index (χ2v) is 5.11. The molecular formula is C13H24F3N. The Morgan fingerprint density at radius 3 is 2.24 bits per heavy atom. The van der Waals surface area contributed by atoms with Crippen LogP contribution in [0.15, 0.2) is 0 Å². The zero-order chi connectivity index (χ0) is 12.9. The van der Waals surface area contributed by atoms with E-state index in [2.05, 4.69) is 18.7 Å². The first-order valence-corrected chi connectivity index (χ1v) is 6.79. The summed E-state index contributed by atoms with van der Waals surface area (Å²) in [6.07, 6.45) is 1.15. The molecule has 0 spiro atoms. The lowest BCUT2D eigenvalue weighted by Crippen LogP contribution is -2.46. The van der Waals surface area contributed by atoms with E-state index >= 15 is 0 Å². The van der Waals surface area contributed by atoms with Crippen LogP contribution in [0.4, 0.5) is 13.2 Å². The molecular weight excluding hydrogens is 227 g/mol. The van der Waals surface area contributed by atoms with Gasteiger partial charge in [-0.05, 0) is 32.2 Å². The Bertz CT molecular complexity index is 209. The summed E-state index contributed by atoms with van der Waals surface area (Å²) in [5.41, 5.74) is 0. The Kier molecular flexibility index (Phi) is 5.77. The fourth-order valence-corrected chi connectivity index (χ4v) is 2.78. The van der Waals surface area contributed by atoms with E-state index in [0.29, 0.717) is 18.9 Å². The van der Waals surface area contributed by atoms with Crippen LogP contribution >= 0.6 is 0 Å². The minimum Gasteiger partial charge on any atom is -0.300 e. The molecule has 0 aromatic heterocycles. The van der Waals surface area contributed by atoms with Gasteiger partial charge in [-0.15, -0.1) is 0 Å². The van der Waals surface area contributed by atoms with Gasteiger partial charge in [0.25, 0.3) is 0 Å². The molecule has 1 nitrogen and oxygen atoms in total. The van der Waals surface area contributed by atoms with Gasteiger partial charge in [0.1, 0.15) is 0 Å². The van der Waals surface area contributed by atoms with Crippen LogP contribution in [0.2, 0.25) is 0 Å². The van der Waals surface area contributed by atoms with Crippen LogP contribution in [0, 0.1) is 5.92 Å². The molecule has 17 heavy (non-hydrogen) atoms. The average molecular weight is 251 g/mol. The highest BCUT2D eigenvalue weighted by Crippen LogP contribution is 2.34. The smallest absolute Gasteiger partial charge is 0.300 e. The van der Waals surface area contributed by atoms with Crippen LogP contribution in [0.1, 0.15) is 52.4 Å². The minimum atomic E-state index is -4.01. The first-order valence-electron chi connectivity index (χ1n) is 6.79. The van der Waals surface area contributed by atoms with E-state index in [9.17, 15) is 13.2 Å². The van der Waals surface area contributed by atoms with Crippen LogP contribution in [0.3, 0.4) is 0 Å². The molecule has 1 atom stereocenters. The van der Waals surface area contributed by atoms with E-state index < -0.39 is 12.1 Å². The molecule has 1 saturated heterocycles. The van der Waals surface area contributed by atoms with Crippen molar-refractivity contribution in [2.24, 2.45) is 5.92 Å². The first kappa shape index (κ1) is 14.8. The van der Waals surface area contributed by atoms with E-state index in [0.717, 1.165) is 32.2 Å². The predicted molar refractivity (Wildman–Crippen MR) is 64.0 cm³/mol. The van der Waals surface area contributed by atoms with Crippen molar-refractivity contribution >= 4 is 0 Å². The second kappa shape index (κ2) is 6.62. The highest BCUT2D eigenvalue weighted by atomic mass is 19.4. The highest BCUT2D eigenvalue weighted by molar-refractivity contribution is 4.82. The van der Waals surface area contributed by atoms with E-state index in [4.69, 9.17) is 0 Å². The van der Waals surface area contributed by atoms with Crippen LogP contribution in [-0.2, 0) is 0 Å². The van der Waals surface area contributed by atoms with Gasteiger partial charge in [0.15, 0.2) is 0 Å². The fraction of sp³-hybridized carbons (Fsp3) is 1.00. The molecule has 1 unspecified atom stereocenters. The van der Waals surface area contributed by atoms with Crippen LogP contribution in [-0.4, -0.2) is 30.2 Å². The lowest BCUT2D eigenvalue weighted by Gasteiger charge is -2.39. The monoisotopic (exact) mass is 251 g/mol. The van der Waals surface area contributed by atoms with Crippen molar-refractivity contribution in [3.8, 4) is 0 Å². The number of rotatable bonds is 5. The SMILES string of the molecule is CCCC(CCC)N1CCCC(C(F)(F)F)C1. The molecule has 1 heterocycles. The molecule has 0 N–H and O–H groups in total. The fourth-order valence-electron chi connectivity index (χ4n) is 2.78. The predicted octanol–water partition coefficient (Wildman–Crippen LogP) is 4.23. The summed E-state index contributed by atoms with van der Waals surface area (Å²) in [7, 11) is 0. The van der Waals surface area contributed by atoms with Crippen molar-refractivity contribution in [3.63, 3.8) is 0 Å². The maximum atomic E-state index is 12.7. The maximum absolute atomic E-state index is 12.7. The Morgan fingerprint density at radius 2 is 1.76 bits per heavy atom. The summed E-state index contributed by atoms with van der Waals surface area (Å²) < 4.78 is 38.2. The second-order valence-electron chi connectivity index (χ2n) is 5.11. The molecule has 0 aliphatic carbocycles. The standard InChI is InChI=1S/C13H24F3N/c1-3-6-12(7-4-2)17-9-5-8-11(10-17)13(14,15)16/h11-12H,3-10H2,1-2H3. The highest BCUT2D eigenvalue weighted by Gasteiger charge is 2.42. The van der Waals surface area contributed by atoms with Crippen molar-refractivity contribution in [3.05, 3.63) is 0 Å². The van der Waals surface area contributed by atoms with E-state index in [1.54, 1.807) is 0 Å². The lowest BCUT2D eigenvalue weighted by molar-refractivity contribution is -0.188. The van der Waals surface area contributed by atoms with Gasteiger partial charge in [-0.3, -0.25) is 4.90 Å². The first-order chi connectivity index (χ1) is 7.99. The van der Waals surface area contributed by atoms with E-state index in [-0.39, 0.29) is 6.54 Å². The van der Waals surface area contributed by atoms with Gasteiger partial charge in [-0.2, -0.15) is 13.2 Å². The molecule has 1 aliphatic rings. The van der Waals surface area contributed by atoms with Crippen molar-refractivity contribution in [1.82, 2.24) is 4.90 Å². The molecule has 0 radical (unpaired) electrons. The maximum Gasteiger partial charge on any atom is 0.393 e. The average Bonchev–Trinajstić information content (AvgIpc) is 2.28. The number of nitrogens with zero attached hydrogens (tertiary/aromatic N) is 1. The normalized spacial score (nSPS) is 23.3. The molecule has 1 rings (SSSR count). The third kappa shape index (κ3) is 4.49. The van der Waals surface area contributed by atoms with Gasteiger partial charge in [-0.1, -0.05) is 26.7 Å². The summed E-state index contributed by atoms with van der Waals surface area (Å²) in [6.45, 7) is 5.27. The number of hydrogen-bond donors (Lipinski definition) is 0. The van der Waals surface area contributed by atoms with Crippen molar-refractivity contribution in [1.29, 1.82) is 0 Å². The molecule has 0 aromatic carbocycles. The van der Waals surface area contributed by atoms with Gasteiger partial charge < -0.3 is 0 Å². The zero-order valence-corrected chi connectivity index (χ0v) is 10.9.